The number of fused-ring (bicyclic) bond motifs is 1. The summed E-state index contributed by atoms with van der Waals surface area (Å²) >= 11 is 7.30. The molecule has 0 bridgehead atoms. The molecule has 1 unspecified atom stereocenters. The maximum Gasteiger partial charge on any atom is 0.259 e. The number of rotatable bonds is 3. The molecule has 1 aliphatic heterocycles. The second-order valence-electron chi connectivity index (χ2n) is 4.78. The van der Waals surface area contributed by atoms with E-state index in [-0.39, 0.29) is 5.56 Å². The molecular weight excluding hydrogens is 290 g/mol. The lowest BCUT2D eigenvalue weighted by Gasteiger charge is -2.11. The number of thiocarbonyl (C=S) groups is 1. The Hall–Kier alpha value is -1.40. The van der Waals surface area contributed by atoms with E-state index in [9.17, 15) is 4.79 Å². The van der Waals surface area contributed by atoms with Gasteiger partial charge < -0.3 is 10.3 Å². The van der Waals surface area contributed by atoms with Gasteiger partial charge in [-0.1, -0.05) is 24.4 Å². The van der Waals surface area contributed by atoms with Crippen molar-refractivity contribution in [3.8, 4) is 0 Å². The average molecular weight is 305 g/mol. The number of nitrogens with zero attached hydrogens (tertiary/aromatic N) is 1. The summed E-state index contributed by atoms with van der Waals surface area (Å²) in [5, 5.41) is 4.41. The Morgan fingerprint density at radius 1 is 1.50 bits per heavy atom. The van der Waals surface area contributed by atoms with Crippen LogP contribution in [0.3, 0.4) is 0 Å². The Morgan fingerprint density at radius 2 is 2.35 bits per heavy atom. The van der Waals surface area contributed by atoms with Gasteiger partial charge in [-0.2, -0.15) is 11.8 Å². The zero-order chi connectivity index (χ0) is 13.9. The fourth-order valence-corrected chi connectivity index (χ4v) is 3.67. The Morgan fingerprint density at radius 3 is 3.15 bits per heavy atom. The molecule has 6 heteroatoms. The first-order valence-corrected chi connectivity index (χ1v) is 8.08. The quantitative estimate of drug-likeness (QED) is 0.850. The van der Waals surface area contributed by atoms with Crippen LogP contribution in [0.25, 0.3) is 10.9 Å². The van der Waals surface area contributed by atoms with Gasteiger partial charge in [0.2, 0.25) is 0 Å². The molecule has 2 aromatic rings. The van der Waals surface area contributed by atoms with Gasteiger partial charge >= 0.3 is 0 Å². The van der Waals surface area contributed by atoms with Crippen molar-refractivity contribution in [2.24, 2.45) is 0 Å². The number of hydrogen-bond acceptors (Lipinski definition) is 4. The van der Waals surface area contributed by atoms with Gasteiger partial charge in [-0.25, -0.2) is 4.98 Å². The van der Waals surface area contributed by atoms with Crippen LogP contribution in [-0.4, -0.2) is 32.5 Å². The van der Waals surface area contributed by atoms with Crippen molar-refractivity contribution in [3.05, 3.63) is 40.4 Å². The van der Waals surface area contributed by atoms with Crippen molar-refractivity contribution in [1.82, 2.24) is 15.3 Å². The zero-order valence-corrected chi connectivity index (χ0v) is 12.5. The maximum atomic E-state index is 12.0. The van der Waals surface area contributed by atoms with Gasteiger partial charge in [0, 0.05) is 11.8 Å². The molecule has 20 heavy (non-hydrogen) atoms. The third-order valence-electron chi connectivity index (χ3n) is 3.34. The van der Waals surface area contributed by atoms with E-state index in [1.165, 1.54) is 18.6 Å². The molecule has 1 aromatic carbocycles. The molecule has 0 amide bonds. The molecule has 1 saturated heterocycles. The van der Waals surface area contributed by atoms with Gasteiger partial charge in [-0.05, 0) is 30.7 Å². The van der Waals surface area contributed by atoms with Crippen LogP contribution in [0.15, 0.2) is 29.1 Å². The monoisotopic (exact) mass is 305 g/mol. The minimum atomic E-state index is -0.148. The predicted molar refractivity (Wildman–Crippen MR) is 87.5 cm³/mol. The second kappa shape index (κ2) is 5.93. The molecule has 0 radical (unpaired) electrons. The molecule has 1 aliphatic rings. The number of thioether (sulfide) groups is 1. The van der Waals surface area contributed by atoms with Crippen LogP contribution in [0.2, 0.25) is 0 Å². The summed E-state index contributed by atoms with van der Waals surface area (Å²) in [4.78, 5) is 19.7. The smallest absolute Gasteiger partial charge is 0.259 e. The fourth-order valence-electron chi connectivity index (χ4n) is 2.29. The number of aromatic amines is 1. The zero-order valence-electron chi connectivity index (χ0n) is 10.9. The first-order valence-electron chi connectivity index (χ1n) is 6.63. The van der Waals surface area contributed by atoms with Gasteiger partial charge in [-0.3, -0.25) is 4.79 Å². The van der Waals surface area contributed by atoms with Crippen LogP contribution in [0, 0.1) is 0 Å². The van der Waals surface area contributed by atoms with Crippen LogP contribution < -0.4 is 10.9 Å². The first kappa shape index (κ1) is 13.6. The summed E-state index contributed by atoms with van der Waals surface area (Å²) in [6.07, 6.45) is 2.50. The molecule has 4 nitrogen and oxygen atoms in total. The lowest BCUT2D eigenvalue weighted by atomic mass is 10.2. The highest BCUT2D eigenvalue weighted by Gasteiger charge is 2.16. The largest absolute Gasteiger partial charge is 0.372 e. The molecule has 1 fully saturated rings. The highest BCUT2D eigenvalue weighted by atomic mass is 32.2. The molecule has 0 saturated carbocycles. The van der Waals surface area contributed by atoms with E-state index in [0.29, 0.717) is 27.0 Å². The Labute approximate surface area is 126 Å². The minimum Gasteiger partial charge on any atom is -0.372 e. The van der Waals surface area contributed by atoms with E-state index in [1.807, 2.05) is 30.0 Å². The Kier molecular flexibility index (Phi) is 4.03. The highest BCUT2D eigenvalue weighted by Crippen LogP contribution is 2.25. The summed E-state index contributed by atoms with van der Waals surface area (Å²) in [5.74, 6) is 1.68. The molecule has 0 spiro atoms. The topological polar surface area (TPSA) is 57.8 Å². The summed E-state index contributed by atoms with van der Waals surface area (Å²) in [6.45, 7) is 0.833. The highest BCUT2D eigenvalue weighted by molar-refractivity contribution is 8.00. The molecule has 2 N–H and O–H groups in total. The average Bonchev–Trinajstić information content (AvgIpc) is 2.98. The number of H-pyrrole nitrogens is 1. The third kappa shape index (κ3) is 2.86. The molecule has 0 aliphatic carbocycles. The second-order valence-corrected chi connectivity index (χ2v) is 6.59. The number of aromatic nitrogens is 2. The molecule has 1 atom stereocenters. The van der Waals surface area contributed by atoms with Crippen molar-refractivity contribution < 1.29 is 0 Å². The molecule has 104 valence electrons. The Balaban J connectivity index is 1.79. The minimum absolute atomic E-state index is 0.148. The number of nitrogens with one attached hydrogen (secondary N) is 2. The lowest BCUT2D eigenvalue weighted by molar-refractivity contribution is 0.749. The summed E-state index contributed by atoms with van der Waals surface area (Å²) in [5.41, 5.74) is 0.524. The van der Waals surface area contributed by atoms with Crippen LogP contribution >= 0.6 is 24.0 Å². The van der Waals surface area contributed by atoms with Crippen molar-refractivity contribution in [2.45, 2.75) is 18.1 Å². The van der Waals surface area contributed by atoms with Gasteiger partial charge in [0.05, 0.1) is 10.9 Å². The van der Waals surface area contributed by atoms with Crippen LogP contribution in [0.5, 0.6) is 0 Å². The van der Waals surface area contributed by atoms with Crippen LogP contribution in [-0.2, 0) is 0 Å². The van der Waals surface area contributed by atoms with E-state index in [1.54, 1.807) is 6.07 Å². The van der Waals surface area contributed by atoms with E-state index >= 15 is 0 Å². The van der Waals surface area contributed by atoms with E-state index in [0.717, 1.165) is 6.54 Å². The normalized spacial score (nSPS) is 18.3. The molecule has 3 rings (SSSR count). The SMILES string of the molecule is O=c1[nH]c(C(=S)NCC2CCCS2)nc2ccccc12. The molecule has 2 heterocycles. The van der Waals surface area contributed by atoms with Crippen molar-refractivity contribution in [2.75, 3.05) is 12.3 Å². The third-order valence-corrected chi connectivity index (χ3v) is 5.08. The van der Waals surface area contributed by atoms with Crippen LogP contribution in [0.1, 0.15) is 18.7 Å². The number of benzene rings is 1. The first-order chi connectivity index (χ1) is 9.74. The fraction of sp³-hybridized carbons (Fsp3) is 0.357. The van der Waals surface area contributed by atoms with Crippen molar-refractivity contribution in [3.63, 3.8) is 0 Å². The van der Waals surface area contributed by atoms with Gasteiger partial charge in [0.25, 0.3) is 5.56 Å². The molecule has 1 aromatic heterocycles. The number of hydrogen-bond donors (Lipinski definition) is 2. The van der Waals surface area contributed by atoms with E-state index < -0.39 is 0 Å². The predicted octanol–water partition coefficient (Wildman–Crippen LogP) is 2.08. The van der Waals surface area contributed by atoms with Gasteiger partial charge in [0.15, 0.2) is 5.82 Å². The van der Waals surface area contributed by atoms with Crippen LogP contribution in [0.4, 0.5) is 0 Å². The van der Waals surface area contributed by atoms with Gasteiger partial charge in [-0.15, -0.1) is 0 Å². The summed E-state index contributed by atoms with van der Waals surface area (Å²) < 4.78 is 0. The lowest BCUT2D eigenvalue weighted by Crippen LogP contribution is -2.31. The van der Waals surface area contributed by atoms with E-state index in [4.69, 9.17) is 12.2 Å². The maximum absolute atomic E-state index is 12.0. The summed E-state index contributed by atoms with van der Waals surface area (Å²) in [7, 11) is 0. The Bertz CT molecular complexity index is 692. The van der Waals surface area contributed by atoms with E-state index in [2.05, 4.69) is 15.3 Å². The molecular formula is C14H15N3OS2. The number of para-hydroxylation sites is 1. The summed E-state index contributed by atoms with van der Waals surface area (Å²) in [6, 6.07) is 7.27. The van der Waals surface area contributed by atoms with Crippen molar-refractivity contribution >= 4 is 39.9 Å². The van der Waals surface area contributed by atoms with Crippen molar-refractivity contribution in [1.29, 1.82) is 0 Å². The standard InChI is InChI=1S/C14H15N3OS2/c18-13-10-5-1-2-6-11(10)16-12(17-13)14(19)15-8-9-4-3-7-20-9/h1-2,5-6,9H,3-4,7-8H2,(H,15,19)(H,16,17,18). The van der Waals surface area contributed by atoms with Gasteiger partial charge in [0.1, 0.15) is 4.99 Å².